The number of hydrogen-bond acceptors (Lipinski definition) is 2. The van der Waals surface area contributed by atoms with Crippen molar-refractivity contribution in [3.63, 3.8) is 0 Å². The molecule has 6 heteroatoms. The molecule has 2 nitrogen and oxygen atoms in total. The van der Waals surface area contributed by atoms with Crippen molar-refractivity contribution in [1.29, 1.82) is 0 Å². The summed E-state index contributed by atoms with van der Waals surface area (Å²) in [5.41, 5.74) is 7.19. The van der Waals surface area contributed by atoms with Gasteiger partial charge >= 0.3 is 6.18 Å². The molecule has 0 bridgehead atoms. The molecule has 0 aliphatic carbocycles. The van der Waals surface area contributed by atoms with Gasteiger partial charge in [0.15, 0.2) is 0 Å². The second-order valence-electron chi connectivity index (χ2n) is 5.29. The van der Waals surface area contributed by atoms with Crippen molar-refractivity contribution in [2.24, 2.45) is 11.7 Å². The number of nitrogens with zero attached hydrogens (tertiary/aromatic N) is 1. The van der Waals surface area contributed by atoms with E-state index in [0.29, 0.717) is 18.7 Å². The second kappa shape index (κ2) is 5.60. The third-order valence-corrected chi connectivity index (χ3v) is 3.78. The van der Waals surface area contributed by atoms with E-state index in [9.17, 15) is 17.6 Å². The van der Waals surface area contributed by atoms with Crippen LogP contribution in [-0.4, -0.2) is 19.3 Å². The van der Waals surface area contributed by atoms with Crippen LogP contribution in [0, 0.1) is 11.7 Å². The van der Waals surface area contributed by atoms with Crippen LogP contribution in [0.1, 0.15) is 31.4 Å². The van der Waals surface area contributed by atoms with Crippen LogP contribution in [0.15, 0.2) is 18.2 Å². The number of halogens is 4. The monoisotopic (exact) mass is 290 g/mol. The Morgan fingerprint density at radius 2 is 1.85 bits per heavy atom. The van der Waals surface area contributed by atoms with Gasteiger partial charge in [0, 0.05) is 24.8 Å². The molecule has 1 atom stereocenters. The van der Waals surface area contributed by atoms with Gasteiger partial charge in [-0.25, -0.2) is 4.39 Å². The normalized spacial score (nSPS) is 19.2. The molecule has 0 spiro atoms. The molecular formula is C14H18F4N2. The van der Waals surface area contributed by atoms with Gasteiger partial charge in [0.2, 0.25) is 0 Å². The highest BCUT2D eigenvalue weighted by Gasteiger charge is 2.41. The molecule has 1 aromatic carbocycles. The SMILES string of the molecule is CC(N)c1cc(F)ccc1N1CCC(C(F)(F)F)CC1. The lowest BCUT2D eigenvalue weighted by atomic mass is 9.95. The van der Waals surface area contributed by atoms with Crippen LogP contribution >= 0.6 is 0 Å². The average molecular weight is 290 g/mol. The van der Waals surface area contributed by atoms with E-state index in [1.807, 2.05) is 4.90 Å². The maximum Gasteiger partial charge on any atom is 0.391 e. The van der Waals surface area contributed by atoms with E-state index < -0.39 is 12.1 Å². The quantitative estimate of drug-likeness (QED) is 0.843. The highest BCUT2D eigenvalue weighted by Crippen LogP contribution is 2.36. The molecule has 1 heterocycles. The Kier molecular flexibility index (Phi) is 4.22. The first-order valence-corrected chi connectivity index (χ1v) is 6.65. The number of rotatable bonds is 2. The van der Waals surface area contributed by atoms with Gasteiger partial charge in [0.25, 0.3) is 0 Å². The Morgan fingerprint density at radius 1 is 1.25 bits per heavy atom. The summed E-state index contributed by atoms with van der Waals surface area (Å²) in [7, 11) is 0. The predicted octanol–water partition coefficient (Wildman–Crippen LogP) is 3.62. The second-order valence-corrected chi connectivity index (χ2v) is 5.29. The number of alkyl halides is 3. The van der Waals surface area contributed by atoms with Gasteiger partial charge in [0.05, 0.1) is 5.92 Å². The van der Waals surface area contributed by atoms with E-state index in [4.69, 9.17) is 5.73 Å². The number of benzene rings is 1. The Balaban J connectivity index is 2.15. The number of piperidine rings is 1. The highest BCUT2D eigenvalue weighted by molar-refractivity contribution is 5.55. The summed E-state index contributed by atoms with van der Waals surface area (Å²) >= 11 is 0. The van der Waals surface area contributed by atoms with E-state index >= 15 is 0 Å². The molecule has 0 amide bonds. The molecule has 1 unspecified atom stereocenters. The zero-order valence-corrected chi connectivity index (χ0v) is 11.3. The van der Waals surface area contributed by atoms with E-state index in [2.05, 4.69) is 0 Å². The molecule has 1 fully saturated rings. The summed E-state index contributed by atoms with van der Waals surface area (Å²) in [6.45, 7) is 2.37. The van der Waals surface area contributed by atoms with Crippen LogP contribution in [0.5, 0.6) is 0 Å². The molecule has 1 saturated heterocycles. The standard InChI is InChI=1S/C14H18F4N2/c1-9(19)12-8-11(15)2-3-13(12)20-6-4-10(5-7-20)14(16,17)18/h2-3,8-10H,4-7,19H2,1H3. The molecule has 20 heavy (non-hydrogen) atoms. The number of anilines is 1. The van der Waals surface area contributed by atoms with Crippen LogP contribution in [0.3, 0.4) is 0 Å². The number of nitrogens with two attached hydrogens (primary N) is 1. The molecule has 1 aliphatic rings. The Hall–Kier alpha value is -1.30. The molecule has 112 valence electrons. The zero-order valence-electron chi connectivity index (χ0n) is 11.3. The van der Waals surface area contributed by atoms with Crippen LogP contribution in [0.2, 0.25) is 0 Å². The summed E-state index contributed by atoms with van der Waals surface area (Å²) in [5, 5.41) is 0. The molecule has 0 radical (unpaired) electrons. The topological polar surface area (TPSA) is 29.3 Å². The van der Waals surface area contributed by atoms with Gasteiger partial charge in [-0.15, -0.1) is 0 Å². The molecule has 0 aromatic heterocycles. The van der Waals surface area contributed by atoms with Crippen LogP contribution in [-0.2, 0) is 0 Å². The maximum absolute atomic E-state index is 13.3. The lowest BCUT2D eigenvalue weighted by molar-refractivity contribution is -0.179. The summed E-state index contributed by atoms with van der Waals surface area (Å²) in [4.78, 5) is 1.86. The molecule has 1 aliphatic heterocycles. The highest BCUT2D eigenvalue weighted by atomic mass is 19.4. The first-order valence-electron chi connectivity index (χ1n) is 6.65. The van der Waals surface area contributed by atoms with Crippen LogP contribution < -0.4 is 10.6 Å². The van der Waals surface area contributed by atoms with Crippen LogP contribution in [0.25, 0.3) is 0 Å². The first-order chi connectivity index (χ1) is 9.29. The summed E-state index contributed by atoms with van der Waals surface area (Å²) in [6.07, 6.45) is -3.99. The summed E-state index contributed by atoms with van der Waals surface area (Å²) < 4.78 is 51.2. The third-order valence-electron chi connectivity index (χ3n) is 3.78. The smallest absolute Gasteiger partial charge is 0.371 e. The maximum atomic E-state index is 13.3. The zero-order chi connectivity index (χ0) is 14.9. The van der Waals surface area contributed by atoms with Crippen LogP contribution in [0.4, 0.5) is 23.2 Å². The van der Waals surface area contributed by atoms with Gasteiger partial charge in [-0.2, -0.15) is 13.2 Å². The predicted molar refractivity (Wildman–Crippen MR) is 70.0 cm³/mol. The van der Waals surface area contributed by atoms with Gasteiger partial charge in [0.1, 0.15) is 5.82 Å². The van der Waals surface area contributed by atoms with Gasteiger partial charge in [-0.3, -0.25) is 0 Å². The Labute approximate surface area is 115 Å². The number of hydrogen-bond donors (Lipinski definition) is 1. The van der Waals surface area contributed by atoms with Crippen molar-refractivity contribution in [1.82, 2.24) is 0 Å². The van der Waals surface area contributed by atoms with E-state index in [1.165, 1.54) is 12.1 Å². The van der Waals surface area contributed by atoms with Crippen molar-refractivity contribution < 1.29 is 17.6 Å². The van der Waals surface area contributed by atoms with E-state index in [-0.39, 0.29) is 24.7 Å². The Bertz CT molecular complexity index is 463. The lowest BCUT2D eigenvalue weighted by Crippen LogP contribution is -2.39. The first kappa shape index (κ1) is 15.1. The van der Waals surface area contributed by atoms with E-state index in [0.717, 1.165) is 5.69 Å². The summed E-state index contributed by atoms with van der Waals surface area (Å²) in [5.74, 6) is -1.62. The minimum Gasteiger partial charge on any atom is -0.371 e. The van der Waals surface area contributed by atoms with Crippen molar-refractivity contribution in [3.8, 4) is 0 Å². The van der Waals surface area contributed by atoms with E-state index in [1.54, 1.807) is 13.0 Å². The third kappa shape index (κ3) is 3.23. The van der Waals surface area contributed by atoms with Gasteiger partial charge < -0.3 is 10.6 Å². The molecule has 2 rings (SSSR count). The Morgan fingerprint density at radius 3 is 2.35 bits per heavy atom. The largest absolute Gasteiger partial charge is 0.391 e. The van der Waals surface area contributed by atoms with Gasteiger partial charge in [-0.05, 0) is 43.5 Å². The fourth-order valence-electron chi connectivity index (χ4n) is 2.63. The minimum atomic E-state index is -4.13. The fraction of sp³-hybridized carbons (Fsp3) is 0.571. The van der Waals surface area contributed by atoms with Crippen molar-refractivity contribution in [3.05, 3.63) is 29.6 Å². The fourth-order valence-corrected chi connectivity index (χ4v) is 2.63. The minimum absolute atomic E-state index is 0.0687. The molecule has 1 aromatic rings. The van der Waals surface area contributed by atoms with Crippen molar-refractivity contribution in [2.75, 3.05) is 18.0 Å². The van der Waals surface area contributed by atoms with Crippen molar-refractivity contribution >= 4 is 5.69 Å². The summed E-state index contributed by atoms with van der Waals surface area (Å²) in [6, 6.07) is 3.91. The van der Waals surface area contributed by atoms with Crippen molar-refractivity contribution in [2.45, 2.75) is 32.0 Å². The average Bonchev–Trinajstić information content (AvgIpc) is 2.37. The molecular weight excluding hydrogens is 272 g/mol. The lowest BCUT2D eigenvalue weighted by Gasteiger charge is -2.36. The van der Waals surface area contributed by atoms with Gasteiger partial charge in [-0.1, -0.05) is 0 Å². The molecule has 2 N–H and O–H groups in total. The molecule has 0 saturated carbocycles.